The Morgan fingerprint density at radius 3 is 2.52 bits per heavy atom. The van der Waals surface area contributed by atoms with E-state index < -0.39 is 17.8 Å². The van der Waals surface area contributed by atoms with Gasteiger partial charge in [-0.15, -0.1) is 12.4 Å². The number of hydrogen-bond donors (Lipinski definition) is 2. The first-order valence-corrected chi connectivity index (χ1v) is 8.16. The summed E-state index contributed by atoms with van der Waals surface area (Å²) in [7, 11) is 0. The lowest BCUT2D eigenvalue weighted by Crippen LogP contribution is -2.33. The summed E-state index contributed by atoms with van der Waals surface area (Å²) in [5.74, 6) is -0.477. The first kappa shape index (κ1) is 21.1. The Morgan fingerprint density at radius 1 is 1.22 bits per heavy atom. The average molecular weight is 402 g/mol. The van der Waals surface area contributed by atoms with Crippen molar-refractivity contribution in [1.82, 2.24) is 15.6 Å². The van der Waals surface area contributed by atoms with E-state index in [0.29, 0.717) is 6.61 Å². The van der Waals surface area contributed by atoms with Crippen LogP contribution >= 0.6 is 12.4 Å². The summed E-state index contributed by atoms with van der Waals surface area (Å²) in [6.45, 7) is 2.55. The van der Waals surface area contributed by atoms with Gasteiger partial charge in [0.05, 0.1) is 18.3 Å². The molecule has 1 amide bonds. The van der Waals surface area contributed by atoms with E-state index in [1.165, 1.54) is 0 Å². The minimum absolute atomic E-state index is 0. The van der Waals surface area contributed by atoms with Crippen molar-refractivity contribution in [3.05, 3.63) is 65.0 Å². The summed E-state index contributed by atoms with van der Waals surface area (Å²) in [6, 6.07) is 9.57. The molecule has 1 aliphatic rings. The lowest BCUT2D eigenvalue weighted by molar-refractivity contribution is -0.141. The summed E-state index contributed by atoms with van der Waals surface area (Å²) in [4.78, 5) is 15.3. The molecule has 1 aromatic carbocycles. The second-order valence-electron chi connectivity index (χ2n) is 5.92. The van der Waals surface area contributed by atoms with Gasteiger partial charge < -0.3 is 15.4 Å². The number of rotatable bonds is 4. The third-order valence-corrected chi connectivity index (χ3v) is 4.05. The number of nitrogens with one attached hydrogen (secondary N) is 2. The van der Waals surface area contributed by atoms with Crippen LogP contribution in [0.3, 0.4) is 0 Å². The van der Waals surface area contributed by atoms with E-state index in [-0.39, 0.29) is 30.6 Å². The molecule has 0 unspecified atom stereocenters. The van der Waals surface area contributed by atoms with Crippen molar-refractivity contribution in [1.29, 1.82) is 0 Å². The molecule has 0 spiro atoms. The number of morpholine rings is 1. The number of amides is 1. The van der Waals surface area contributed by atoms with Crippen LogP contribution in [0, 0.1) is 0 Å². The van der Waals surface area contributed by atoms with Gasteiger partial charge in [-0.1, -0.05) is 24.3 Å². The van der Waals surface area contributed by atoms with Crippen molar-refractivity contribution < 1.29 is 22.7 Å². The van der Waals surface area contributed by atoms with Crippen LogP contribution in [0.1, 0.15) is 33.3 Å². The highest BCUT2D eigenvalue weighted by Gasteiger charge is 2.32. The number of hydrogen-bond acceptors (Lipinski definition) is 4. The predicted molar refractivity (Wildman–Crippen MR) is 95.7 cm³/mol. The number of ether oxygens (including phenoxy) is 1. The van der Waals surface area contributed by atoms with Gasteiger partial charge in [0.1, 0.15) is 5.69 Å². The first-order chi connectivity index (χ1) is 12.4. The molecule has 146 valence electrons. The maximum absolute atomic E-state index is 12.5. The molecule has 0 aliphatic carbocycles. The molecular formula is C18H19ClF3N3O2. The van der Waals surface area contributed by atoms with Crippen LogP contribution in [0.2, 0.25) is 0 Å². The fourth-order valence-corrected chi connectivity index (χ4v) is 2.61. The number of benzene rings is 1. The molecule has 1 saturated heterocycles. The fourth-order valence-electron chi connectivity index (χ4n) is 2.61. The summed E-state index contributed by atoms with van der Waals surface area (Å²) in [5.41, 5.74) is 0.991. The maximum Gasteiger partial charge on any atom is 0.433 e. The molecular weight excluding hydrogens is 383 g/mol. The highest BCUT2D eigenvalue weighted by molar-refractivity contribution is 5.93. The summed E-state index contributed by atoms with van der Waals surface area (Å²) >= 11 is 0. The molecule has 27 heavy (non-hydrogen) atoms. The highest BCUT2D eigenvalue weighted by atomic mass is 35.5. The van der Waals surface area contributed by atoms with Crippen molar-refractivity contribution in [2.75, 3.05) is 19.7 Å². The summed E-state index contributed by atoms with van der Waals surface area (Å²) in [6.07, 6.45) is -3.58. The fraction of sp³-hybridized carbons (Fsp3) is 0.333. The van der Waals surface area contributed by atoms with E-state index in [2.05, 4.69) is 15.6 Å². The van der Waals surface area contributed by atoms with E-state index in [1.807, 2.05) is 24.3 Å². The van der Waals surface area contributed by atoms with Crippen LogP contribution in [0.25, 0.3) is 0 Å². The van der Waals surface area contributed by atoms with Gasteiger partial charge >= 0.3 is 6.18 Å². The number of halogens is 4. The molecule has 1 fully saturated rings. The molecule has 1 aliphatic heterocycles. The molecule has 3 rings (SSSR count). The quantitative estimate of drug-likeness (QED) is 0.826. The van der Waals surface area contributed by atoms with Crippen LogP contribution < -0.4 is 10.6 Å². The van der Waals surface area contributed by atoms with Crippen LogP contribution in [-0.2, 0) is 17.5 Å². The largest absolute Gasteiger partial charge is 0.433 e. The van der Waals surface area contributed by atoms with Gasteiger partial charge in [-0.25, -0.2) is 0 Å². The monoisotopic (exact) mass is 401 g/mol. The lowest BCUT2D eigenvalue weighted by Gasteiger charge is -2.24. The number of alkyl halides is 3. The van der Waals surface area contributed by atoms with Crippen molar-refractivity contribution in [2.45, 2.75) is 18.8 Å². The second-order valence-corrected chi connectivity index (χ2v) is 5.92. The molecule has 5 nitrogen and oxygen atoms in total. The molecule has 9 heteroatoms. The normalized spacial score (nSPS) is 17.1. The van der Waals surface area contributed by atoms with Crippen LogP contribution in [0.4, 0.5) is 13.2 Å². The van der Waals surface area contributed by atoms with E-state index in [0.717, 1.165) is 42.5 Å². The van der Waals surface area contributed by atoms with Crippen molar-refractivity contribution in [3.63, 3.8) is 0 Å². The predicted octanol–water partition coefficient (Wildman–Crippen LogP) is 3.11. The van der Waals surface area contributed by atoms with E-state index in [4.69, 9.17) is 4.74 Å². The van der Waals surface area contributed by atoms with Crippen LogP contribution in [0.15, 0.2) is 42.6 Å². The average Bonchev–Trinajstić information content (AvgIpc) is 2.66. The molecule has 0 saturated carbocycles. The van der Waals surface area contributed by atoms with E-state index >= 15 is 0 Å². The topological polar surface area (TPSA) is 63.2 Å². The Balaban J connectivity index is 0.00000261. The number of carbonyl (C=O) groups is 1. The number of pyridine rings is 1. The Hall–Kier alpha value is -2.16. The van der Waals surface area contributed by atoms with Gasteiger partial charge in [-0.3, -0.25) is 9.78 Å². The van der Waals surface area contributed by atoms with Crippen LogP contribution in [0.5, 0.6) is 0 Å². The number of aromatic nitrogens is 1. The summed E-state index contributed by atoms with van der Waals surface area (Å²) < 4.78 is 43.1. The van der Waals surface area contributed by atoms with Crippen molar-refractivity contribution in [2.24, 2.45) is 0 Å². The zero-order valence-electron chi connectivity index (χ0n) is 14.3. The van der Waals surface area contributed by atoms with Crippen molar-refractivity contribution in [3.8, 4) is 0 Å². The Morgan fingerprint density at radius 2 is 1.96 bits per heavy atom. The number of nitrogens with zero attached hydrogens (tertiary/aromatic N) is 1. The minimum atomic E-state index is -4.52. The molecule has 1 aromatic heterocycles. The zero-order valence-corrected chi connectivity index (χ0v) is 15.1. The standard InChI is InChI=1S/C18H18F3N3O2.ClH/c19-18(20,21)16-6-5-14(10-23-16)17(25)24-9-12-1-3-13(4-2-12)15-11-22-7-8-26-15;/h1-6,10,15,22H,7-9,11H2,(H,24,25);1H/t15-;/m0./s1. The van der Waals surface area contributed by atoms with Crippen LogP contribution in [-0.4, -0.2) is 30.6 Å². The van der Waals surface area contributed by atoms with Gasteiger partial charge in [0.2, 0.25) is 0 Å². The Labute approximate surface area is 160 Å². The van der Waals surface area contributed by atoms with Crippen molar-refractivity contribution >= 4 is 18.3 Å². The third-order valence-electron chi connectivity index (χ3n) is 4.05. The van der Waals surface area contributed by atoms with Gasteiger partial charge in [0.25, 0.3) is 5.91 Å². The molecule has 0 bridgehead atoms. The van der Waals surface area contributed by atoms with Gasteiger partial charge in [-0.2, -0.15) is 13.2 Å². The van der Waals surface area contributed by atoms with Gasteiger partial charge in [0, 0.05) is 25.8 Å². The molecule has 0 radical (unpaired) electrons. The smallest absolute Gasteiger partial charge is 0.371 e. The SMILES string of the molecule is Cl.O=C(NCc1ccc([C@@H]2CNCCO2)cc1)c1ccc(C(F)(F)F)nc1. The maximum atomic E-state index is 12.5. The Kier molecular flexibility index (Phi) is 7.18. The molecule has 2 heterocycles. The molecule has 2 aromatic rings. The Bertz CT molecular complexity index is 746. The zero-order chi connectivity index (χ0) is 18.6. The molecule has 2 N–H and O–H groups in total. The van der Waals surface area contributed by atoms with Gasteiger partial charge in [0.15, 0.2) is 0 Å². The summed E-state index contributed by atoms with van der Waals surface area (Å²) in [5, 5.41) is 5.93. The first-order valence-electron chi connectivity index (χ1n) is 8.16. The lowest BCUT2D eigenvalue weighted by atomic mass is 10.1. The molecule has 1 atom stereocenters. The highest BCUT2D eigenvalue weighted by Crippen LogP contribution is 2.27. The number of carbonyl (C=O) groups excluding carboxylic acids is 1. The third kappa shape index (κ3) is 5.66. The van der Waals surface area contributed by atoms with E-state index in [1.54, 1.807) is 0 Å². The van der Waals surface area contributed by atoms with E-state index in [9.17, 15) is 18.0 Å². The minimum Gasteiger partial charge on any atom is -0.371 e. The van der Waals surface area contributed by atoms with Gasteiger partial charge in [-0.05, 0) is 23.3 Å². The second kappa shape index (κ2) is 9.16.